The van der Waals surface area contributed by atoms with E-state index in [1.54, 1.807) is 0 Å². The van der Waals surface area contributed by atoms with Gasteiger partial charge in [0.2, 0.25) is 0 Å². The standard InChI is InChI=1S/C12H21ClN2O3S/c1-9-2-4-15(5-3-9)6-12(16)14-11-8-19(17,18)7-10(11)13/h9-11H,2-8H2,1H3,(H,14,16)/p+1/t10-,11+/m0/s1. The van der Waals surface area contributed by atoms with E-state index in [4.69, 9.17) is 11.6 Å². The number of alkyl halides is 1. The quantitative estimate of drug-likeness (QED) is 0.645. The monoisotopic (exact) mass is 309 g/mol. The number of nitrogens with one attached hydrogen (secondary N) is 2. The fourth-order valence-electron chi connectivity index (χ4n) is 2.77. The molecule has 0 radical (unpaired) electrons. The minimum atomic E-state index is -3.08. The lowest BCUT2D eigenvalue weighted by atomic mass is 9.99. The van der Waals surface area contributed by atoms with Gasteiger partial charge in [0.15, 0.2) is 16.4 Å². The van der Waals surface area contributed by atoms with Crippen LogP contribution in [0.15, 0.2) is 0 Å². The highest BCUT2D eigenvalue weighted by molar-refractivity contribution is 7.91. The van der Waals surface area contributed by atoms with Gasteiger partial charge in [-0.3, -0.25) is 4.79 Å². The van der Waals surface area contributed by atoms with E-state index in [2.05, 4.69) is 12.2 Å². The summed E-state index contributed by atoms with van der Waals surface area (Å²) in [5, 5.41) is 2.28. The molecule has 0 bridgehead atoms. The highest BCUT2D eigenvalue weighted by Gasteiger charge is 2.37. The minimum absolute atomic E-state index is 0.0285. The molecule has 2 fully saturated rings. The molecule has 0 aromatic carbocycles. The second-order valence-electron chi connectivity index (χ2n) is 5.88. The van der Waals surface area contributed by atoms with Gasteiger partial charge < -0.3 is 10.2 Å². The summed E-state index contributed by atoms with van der Waals surface area (Å²) in [5.74, 6) is 0.601. The summed E-state index contributed by atoms with van der Waals surface area (Å²) in [6.45, 7) is 4.69. The van der Waals surface area contributed by atoms with Crippen molar-refractivity contribution in [3.05, 3.63) is 0 Å². The number of hydrogen-bond acceptors (Lipinski definition) is 3. The van der Waals surface area contributed by atoms with Crippen LogP contribution in [0.1, 0.15) is 19.8 Å². The Morgan fingerprint density at radius 2 is 1.95 bits per heavy atom. The van der Waals surface area contributed by atoms with E-state index in [-0.39, 0.29) is 17.4 Å². The number of piperidine rings is 1. The Bertz CT molecular complexity index is 432. The Kier molecular flexibility index (Phi) is 4.74. The molecular formula is C12H22ClN2O3S+. The van der Waals surface area contributed by atoms with Crippen LogP contribution in [0, 0.1) is 5.92 Å². The number of carbonyl (C=O) groups excluding carboxylic acids is 1. The summed E-state index contributed by atoms with van der Waals surface area (Å²) in [4.78, 5) is 13.2. The third-order valence-corrected chi connectivity index (χ3v) is 6.40. The molecular weight excluding hydrogens is 288 g/mol. The van der Waals surface area contributed by atoms with Gasteiger partial charge in [0, 0.05) is 0 Å². The van der Waals surface area contributed by atoms with E-state index in [0.29, 0.717) is 6.54 Å². The van der Waals surface area contributed by atoms with Crippen molar-refractivity contribution in [1.29, 1.82) is 0 Å². The average molecular weight is 310 g/mol. The van der Waals surface area contributed by atoms with Crippen LogP contribution in [-0.4, -0.2) is 56.9 Å². The summed E-state index contributed by atoms with van der Waals surface area (Å²) < 4.78 is 22.8. The predicted octanol–water partition coefficient (Wildman–Crippen LogP) is -1.18. The van der Waals surface area contributed by atoms with Crippen molar-refractivity contribution in [2.24, 2.45) is 5.92 Å². The first-order valence-corrected chi connectivity index (χ1v) is 9.09. The van der Waals surface area contributed by atoms with Gasteiger partial charge in [0.1, 0.15) is 0 Å². The number of quaternary nitrogens is 1. The second-order valence-corrected chi connectivity index (χ2v) is 8.59. The van der Waals surface area contributed by atoms with Gasteiger partial charge in [-0.05, 0) is 18.8 Å². The number of likely N-dealkylation sites (tertiary alicyclic amines) is 1. The second kappa shape index (κ2) is 5.97. The Morgan fingerprint density at radius 3 is 2.47 bits per heavy atom. The Balaban J connectivity index is 1.79. The lowest BCUT2D eigenvalue weighted by molar-refractivity contribution is -0.898. The molecule has 0 aromatic rings. The fraction of sp³-hybridized carbons (Fsp3) is 0.917. The van der Waals surface area contributed by atoms with Crippen molar-refractivity contribution in [3.63, 3.8) is 0 Å². The van der Waals surface area contributed by atoms with Crippen LogP contribution >= 0.6 is 11.6 Å². The highest BCUT2D eigenvalue weighted by atomic mass is 35.5. The van der Waals surface area contributed by atoms with E-state index >= 15 is 0 Å². The largest absolute Gasteiger partial charge is 0.346 e. The SMILES string of the molecule is CC1CC[NH+](CC(=O)N[C@@H]2CS(=O)(=O)C[C@@H]2Cl)CC1. The van der Waals surface area contributed by atoms with Crippen LogP contribution in [0.4, 0.5) is 0 Å². The summed E-state index contributed by atoms with van der Waals surface area (Å²) in [6, 6.07) is -0.428. The van der Waals surface area contributed by atoms with Crippen molar-refractivity contribution in [1.82, 2.24) is 5.32 Å². The molecule has 19 heavy (non-hydrogen) atoms. The Labute approximate surface area is 119 Å². The zero-order chi connectivity index (χ0) is 14.0. The topological polar surface area (TPSA) is 67.7 Å². The molecule has 2 N–H and O–H groups in total. The lowest BCUT2D eigenvalue weighted by Crippen LogP contribution is -3.14. The molecule has 0 spiro atoms. The van der Waals surface area contributed by atoms with Crippen LogP contribution in [0.5, 0.6) is 0 Å². The van der Waals surface area contributed by atoms with Gasteiger partial charge in [0.05, 0.1) is 36.0 Å². The molecule has 0 unspecified atom stereocenters. The maximum absolute atomic E-state index is 11.9. The average Bonchev–Trinajstić information content (AvgIpc) is 2.55. The molecule has 2 rings (SSSR count). The summed E-state index contributed by atoms with van der Waals surface area (Å²) in [7, 11) is -3.08. The fourth-order valence-corrected chi connectivity index (χ4v) is 5.32. The number of rotatable bonds is 3. The van der Waals surface area contributed by atoms with Crippen LogP contribution in [-0.2, 0) is 14.6 Å². The first-order valence-electron chi connectivity index (χ1n) is 6.83. The van der Waals surface area contributed by atoms with Crippen molar-refractivity contribution < 1.29 is 18.1 Å². The van der Waals surface area contributed by atoms with Gasteiger partial charge in [-0.25, -0.2) is 8.42 Å². The summed E-state index contributed by atoms with van der Waals surface area (Å²) in [6.07, 6.45) is 2.30. The number of amides is 1. The maximum Gasteiger partial charge on any atom is 0.275 e. The van der Waals surface area contributed by atoms with Crippen LogP contribution in [0.25, 0.3) is 0 Å². The normalized spacial score (nSPS) is 38.0. The molecule has 2 aliphatic heterocycles. The minimum Gasteiger partial charge on any atom is -0.346 e. The molecule has 7 heteroatoms. The number of halogens is 1. The van der Waals surface area contributed by atoms with Gasteiger partial charge in [-0.2, -0.15) is 0 Å². The smallest absolute Gasteiger partial charge is 0.275 e. The van der Waals surface area contributed by atoms with Gasteiger partial charge in [-0.15, -0.1) is 11.6 Å². The van der Waals surface area contributed by atoms with Crippen molar-refractivity contribution in [2.45, 2.75) is 31.2 Å². The molecule has 0 aliphatic carbocycles. The molecule has 2 heterocycles. The predicted molar refractivity (Wildman–Crippen MR) is 74.2 cm³/mol. The first-order chi connectivity index (χ1) is 8.85. The maximum atomic E-state index is 11.9. The third-order valence-electron chi connectivity index (χ3n) is 4.02. The van der Waals surface area contributed by atoms with Crippen LogP contribution < -0.4 is 10.2 Å². The Hall–Kier alpha value is -0.330. The molecule has 2 aliphatic rings. The molecule has 2 atom stereocenters. The molecule has 1 amide bonds. The van der Waals surface area contributed by atoms with E-state index in [0.717, 1.165) is 31.8 Å². The first kappa shape index (κ1) is 15.1. The van der Waals surface area contributed by atoms with Gasteiger partial charge in [-0.1, -0.05) is 6.92 Å². The number of hydrogen-bond donors (Lipinski definition) is 2. The molecule has 110 valence electrons. The van der Waals surface area contributed by atoms with E-state index in [1.165, 1.54) is 4.90 Å². The van der Waals surface area contributed by atoms with E-state index in [9.17, 15) is 13.2 Å². The van der Waals surface area contributed by atoms with Gasteiger partial charge in [0.25, 0.3) is 5.91 Å². The van der Waals surface area contributed by atoms with Crippen molar-refractivity contribution >= 4 is 27.3 Å². The molecule has 2 saturated heterocycles. The lowest BCUT2D eigenvalue weighted by Gasteiger charge is -2.27. The number of sulfone groups is 1. The molecule has 5 nitrogen and oxygen atoms in total. The van der Waals surface area contributed by atoms with Gasteiger partial charge >= 0.3 is 0 Å². The van der Waals surface area contributed by atoms with E-state index < -0.39 is 21.3 Å². The van der Waals surface area contributed by atoms with Crippen molar-refractivity contribution in [3.8, 4) is 0 Å². The third kappa shape index (κ3) is 4.33. The summed E-state index contributed by atoms with van der Waals surface area (Å²) in [5.41, 5.74) is 0. The zero-order valence-electron chi connectivity index (χ0n) is 11.2. The van der Waals surface area contributed by atoms with Crippen LogP contribution in [0.2, 0.25) is 0 Å². The molecule has 0 aromatic heterocycles. The van der Waals surface area contributed by atoms with E-state index in [1.807, 2.05) is 0 Å². The zero-order valence-corrected chi connectivity index (χ0v) is 12.8. The molecule has 0 saturated carbocycles. The van der Waals surface area contributed by atoms with Crippen molar-refractivity contribution in [2.75, 3.05) is 31.1 Å². The highest BCUT2D eigenvalue weighted by Crippen LogP contribution is 2.17. The Morgan fingerprint density at radius 1 is 1.32 bits per heavy atom. The summed E-state index contributed by atoms with van der Waals surface area (Å²) >= 11 is 5.97. The number of carbonyl (C=O) groups is 1. The van der Waals surface area contributed by atoms with Crippen LogP contribution in [0.3, 0.4) is 0 Å².